The first kappa shape index (κ1) is 20.3. The van der Waals surface area contributed by atoms with E-state index in [4.69, 9.17) is 0 Å². The van der Waals surface area contributed by atoms with Crippen LogP contribution < -0.4 is 10.6 Å². The van der Waals surface area contributed by atoms with E-state index >= 15 is 0 Å². The number of aliphatic imine (C=N–C) groups is 1. The van der Waals surface area contributed by atoms with Crippen molar-refractivity contribution in [3.05, 3.63) is 59.4 Å². The lowest BCUT2D eigenvalue weighted by Crippen LogP contribution is -2.44. The fraction of sp³-hybridized carbons (Fsp3) is 0.478. The van der Waals surface area contributed by atoms with Gasteiger partial charge in [-0.3, -0.25) is 4.99 Å². The lowest BCUT2D eigenvalue weighted by Gasteiger charge is -2.25. The fourth-order valence-corrected chi connectivity index (χ4v) is 3.73. The standard InChI is InChI=1S/C23H32N4O/c1-17-9-10-21-19(15-25-22(21)13-17)11-12-24-23(28)26-16-20(27(2)3)14-18-7-5-4-6-8-18/h5,7-10,13,15,20-21H,4,6,11-12,14,16H2,1-3H3,(H2,24,26,28). The van der Waals surface area contributed by atoms with Gasteiger partial charge in [-0.25, -0.2) is 4.79 Å². The number of urea groups is 1. The minimum absolute atomic E-state index is 0.102. The quantitative estimate of drug-likeness (QED) is 0.674. The van der Waals surface area contributed by atoms with Crippen molar-refractivity contribution in [2.45, 2.75) is 38.6 Å². The van der Waals surface area contributed by atoms with E-state index in [9.17, 15) is 4.79 Å². The molecule has 2 atom stereocenters. The van der Waals surface area contributed by atoms with E-state index in [2.05, 4.69) is 78.0 Å². The lowest BCUT2D eigenvalue weighted by atomic mass is 9.89. The summed E-state index contributed by atoms with van der Waals surface area (Å²) in [7, 11) is 4.13. The third-order valence-corrected chi connectivity index (χ3v) is 5.50. The van der Waals surface area contributed by atoms with Crippen LogP contribution in [0.1, 0.15) is 32.6 Å². The molecule has 0 saturated heterocycles. The molecule has 0 bridgehead atoms. The first-order valence-electron chi connectivity index (χ1n) is 10.2. The molecule has 1 heterocycles. The molecule has 3 rings (SSSR count). The van der Waals surface area contributed by atoms with Gasteiger partial charge >= 0.3 is 6.03 Å². The van der Waals surface area contributed by atoms with Crippen molar-refractivity contribution in [1.29, 1.82) is 0 Å². The van der Waals surface area contributed by atoms with Crippen LogP contribution in [0.3, 0.4) is 0 Å². The first-order chi connectivity index (χ1) is 13.5. The third kappa shape index (κ3) is 5.55. The highest BCUT2D eigenvalue weighted by molar-refractivity contribution is 6.03. The summed E-state index contributed by atoms with van der Waals surface area (Å²) in [5, 5.41) is 6.01. The number of nitrogens with zero attached hydrogens (tertiary/aromatic N) is 2. The molecule has 0 aromatic carbocycles. The van der Waals surface area contributed by atoms with Gasteiger partial charge in [-0.15, -0.1) is 0 Å². The molecule has 5 heteroatoms. The molecule has 3 aliphatic rings. The monoisotopic (exact) mass is 380 g/mol. The largest absolute Gasteiger partial charge is 0.338 e. The van der Waals surface area contributed by atoms with Crippen molar-refractivity contribution in [2.24, 2.45) is 10.9 Å². The molecule has 0 spiro atoms. The number of amides is 2. The van der Waals surface area contributed by atoms with E-state index in [-0.39, 0.29) is 18.0 Å². The van der Waals surface area contributed by atoms with Crippen LogP contribution in [0.25, 0.3) is 0 Å². The van der Waals surface area contributed by atoms with E-state index in [0.29, 0.717) is 13.1 Å². The zero-order valence-corrected chi connectivity index (χ0v) is 17.2. The van der Waals surface area contributed by atoms with E-state index in [0.717, 1.165) is 31.4 Å². The van der Waals surface area contributed by atoms with Crippen molar-refractivity contribution < 1.29 is 4.79 Å². The van der Waals surface area contributed by atoms with Crippen molar-refractivity contribution >= 4 is 11.7 Å². The first-order valence-corrected chi connectivity index (χ1v) is 10.2. The van der Waals surface area contributed by atoms with Gasteiger partial charge in [0.15, 0.2) is 0 Å². The van der Waals surface area contributed by atoms with Gasteiger partial charge in [0.1, 0.15) is 0 Å². The second-order valence-corrected chi connectivity index (χ2v) is 7.95. The normalized spacial score (nSPS) is 21.5. The maximum Gasteiger partial charge on any atom is 0.314 e. The summed E-state index contributed by atoms with van der Waals surface area (Å²) in [6.45, 7) is 3.34. The number of rotatable bonds is 8. The van der Waals surface area contributed by atoms with Crippen LogP contribution in [0, 0.1) is 5.92 Å². The van der Waals surface area contributed by atoms with Crippen molar-refractivity contribution in [3.8, 4) is 0 Å². The molecule has 0 radical (unpaired) electrons. The van der Waals surface area contributed by atoms with E-state index in [1.807, 2.05) is 6.20 Å². The Morgan fingerprint density at radius 1 is 1.29 bits per heavy atom. The zero-order chi connectivity index (χ0) is 19.9. The van der Waals surface area contributed by atoms with Gasteiger partial charge in [0.25, 0.3) is 0 Å². The molecule has 0 saturated carbocycles. The van der Waals surface area contributed by atoms with E-state index in [1.165, 1.54) is 16.7 Å². The van der Waals surface area contributed by atoms with Crippen molar-refractivity contribution in [3.63, 3.8) is 0 Å². The maximum absolute atomic E-state index is 12.2. The number of hydrogen-bond donors (Lipinski definition) is 2. The summed E-state index contributed by atoms with van der Waals surface area (Å²) < 4.78 is 0. The minimum atomic E-state index is -0.102. The van der Waals surface area contributed by atoms with Gasteiger partial charge in [0, 0.05) is 31.2 Å². The number of carbonyl (C=O) groups excluding carboxylic acids is 1. The maximum atomic E-state index is 12.2. The molecule has 28 heavy (non-hydrogen) atoms. The van der Waals surface area contributed by atoms with Crippen LogP contribution in [0.2, 0.25) is 0 Å². The Morgan fingerprint density at radius 3 is 2.89 bits per heavy atom. The summed E-state index contributed by atoms with van der Waals surface area (Å²) in [5.74, 6) is 0.281. The smallest absolute Gasteiger partial charge is 0.314 e. The molecule has 2 N–H and O–H groups in total. The van der Waals surface area contributed by atoms with Gasteiger partial charge in [0.2, 0.25) is 0 Å². The van der Waals surface area contributed by atoms with Gasteiger partial charge in [-0.2, -0.15) is 0 Å². The minimum Gasteiger partial charge on any atom is -0.338 e. The van der Waals surface area contributed by atoms with Crippen molar-refractivity contribution in [1.82, 2.24) is 15.5 Å². The SMILES string of the molecule is CC1=CC2=NC=C(CCNC(=O)NCC(CC3=CCCC=C3)N(C)C)C2C=C1. The predicted octanol–water partition coefficient (Wildman–Crippen LogP) is 3.74. The van der Waals surface area contributed by atoms with E-state index in [1.54, 1.807) is 0 Å². The van der Waals surface area contributed by atoms with Gasteiger partial charge in [-0.1, -0.05) is 36.0 Å². The summed E-state index contributed by atoms with van der Waals surface area (Å²) in [6.07, 6.45) is 19.2. The molecule has 0 aromatic rings. The Morgan fingerprint density at radius 2 is 2.14 bits per heavy atom. The highest BCUT2D eigenvalue weighted by Crippen LogP contribution is 2.28. The Kier molecular flexibility index (Phi) is 7.04. The Hall–Kier alpha value is -2.40. The third-order valence-electron chi connectivity index (χ3n) is 5.50. The Balaban J connectivity index is 1.38. The second-order valence-electron chi connectivity index (χ2n) is 7.95. The average Bonchev–Trinajstić information content (AvgIpc) is 3.07. The number of fused-ring (bicyclic) bond motifs is 1. The van der Waals surface area contributed by atoms with Crippen molar-refractivity contribution in [2.75, 3.05) is 27.2 Å². The molecule has 0 aromatic heterocycles. The van der Waals surface area contributed by atoms with E-state index < -0.39 is 0 Å². The van der Waals surface area contributed by atoms with Crippen LogP contribution in [0.15, 0.2) is 64.4 Å². The molecule has 0 fully saturated rings. The summed E-state index contributed by atoms with van der Waals surface area (Å²) in [6, 6.07) is 0.185. The fourth-order valence-electron chi connectivity index (χ4n) is 3.73. The second kappa shape index (κ2) is 9.69. The summed E-state index contributed by atoms with van der Waals surface area (Å²) >= 11 is 0. The zero-order valence-electron chi connectivity index (χ0n) is 17.2. The number of nitrogens with one attached hydrogen (secondary N) is 2. The Labute approximate surface area is 168 Å². The van der Waals surface area contributed by atoms with Crippen LogP contribution in [-0.4, -0.2) is 49.9 Å². The van der Waals surface area contributed by atoms with Crippen LogP contribution >= 0.6 is 0 Å². The topological polar surface area (TPSA) is 56.7 Å². The molecular formula is C23H32N4O. The van der Waals surface area contributed by atoms with Crippen LogP contribution in [0.4, 0.5) is 4.79 Å². The van der Waals surface area contributed by atoms with Gasteiger partial charge in [0.05, 0.1) is 5.71 Å². The molecule has 150 valence electrons. The molecule has 1 aliphatic heterocycles. The molecule has 2 unspecified atom stereocenters. The molecule has 5 nitrogen and oxygen atoms in total. The molecule has 2 aliphatic carbocycles. The number of allylic oxidation sites excluding steroid dienone is 7. The summed E-state index contributed by atoms with van der Waals surface area (Å²) in [5.41, 5.74) is 4.97. The summed E-state index contributed by atoms with van der Waals surface area (Å²) in [4.78, 5) is 18.9. The molecule has 2 amide bonds. The predicted molar refractivity (Wildman–Crippen MR) is 116 cm³/mol. The average molecular weight is 381 g/mol. The Bertz CT molecular complexity index is 767. The number of carbonyl (C=O) groups is 1. The van der Waals surface area contributed by atoms with Crippen LogP contribution in [0.5, 0.6) is 0 Å². The highest BCUT2D eigenvalue weighted by atomic mass is 16.2. The highest BCUT2D eigenvalue weighted by Gasteiger charge is 2.23. The van der Waals surface area contributed by atoms with Gasteiger partial charge in [-0.05, 0) is 63.9 Å². The number of hydrogen-bond acceptors (Lipinski definition) is 3. The van der Waals surface area contributed by atoms with Gasteiger partial charge < -0.3 is 15.5 Å². The number of likely N-dealkylation sites (N-methyl/N-ethyl adjacent to an activating group) is 1. The lowest BCUT2D eigenvalue weighted by molar-refractivity contribution is 0.232. The van der Waals surface area contributed by atoms with Crippen LogP contribution in [-0.2, 0) is 0 Å². The molecular weight excluding hydrogens is 348 g/mol.